The van der Waals surface area contributed by atoms with E-state index in [1.54, 1.807) is 0 Å². The molecule has 0 radical (unpaired) electrons. The van der Waals surface area contributed by atoms with Crippen molar-refractivity contribution in [1.82, 2.24) is 0 Å². The largest absolute Gasteiger partial charge is 0.324 e. The summed E-state index contributed by atoms with van der Waals surface area (Å²) in [6.07, 6.45) is 8.18. The van der Waals surface area contributed by atoms with Gasteiger partial charge in [0.05, 0.1) is 13.2 Å². The molecular formula is C13H24O3. The Kier molecular flexibility index (Phi) is 3.88. The molecule has 16 heavy (non-hydrogen) atoms. The van der Waals surface area contributed by atoms with Gasteiger partial charge in [0, 0.05) is 6.42 Å². The van der Waals surface area contributed by atoms with Gasteiger partial charge in [0.25, 0.3) is 5.97 Å². The smallest absolute Gasteiger partial charge is 0.283 e. The Labute approximate surface area is 98.4 Å². The molecule has 0 unspecified atom stereocenters. The van der Waals surface area contributed by atoms with Crippen molar-refractivity contribution in [2.45, 2.75) is 70.4 Å². The first-order valence-electron chi connectivity index (χ1n) is 6.72. The second kappa shape index (κ2) is 5.03. The second-order valence-corrected chi connectivity index (χ2v) is 5.06. The van der Waals surface area contributed by atoms with Gasteiger partial charge in [0.2, 0.25) is 0 Å². The highest BCUT2D eigenvalue weighted by molar-refractivity contribution is 4.92. The Bertz CT molecular complexity index is 219. The van der Waals surface area contributed by atoms with Crippen molar-refractivity contribution >= 4 is 0 Å². The van der Waals surface area contributed by atoms with Gasteiger partial charge in [-0.3, -0.25) is 0 Å². The third-order valence-electron chi connectivity index (χ3n) is 3.71. The average molecular weight is 228 g/mol. The van der Waals surface area contributed by atoms with Crippen LogP contribution in [0.25, 0.3) is 0 Å². The van der Waals surface area contributed by atoms with Crippen molar-refractivity contribution in [1.29, 1.82) is 0 Å². The van der Waals surface area contributed by atoms with E-state index in [2.05, 4.69) is 13.8 Å². The first-order chi connectivity index (χ1) is 7.74. The van der Waals surface area contributed by atoms with Gasteiger partial charge >= 0.3 is 0 Å². The molecule has 94 valence electrons. The highest BCUT2D eigenvalue weighted by atomic mass is 16.9. The number of rotatable bonds is 7. The zero-order valence-electron chi connectivity index (χ0n) is 10.6. The van der Waals surface area contributed by atoms with Gasteiger partial charge in [-0.25, -0.2) is 0 Å². The minimum absolute atomic E-state index is 0.135. The summed E-state index contributed by atoms with van der Waals surface area (Å²) in [5.74, 6) is -0.678. The maximum absolute atomic E-state index is 5.96. The topological polar surface area (TPSA) is 27.7 Å². The van der Waals surface area contributed by atoms with Crippen molar-refractivity contribution < 1.29 is 14.2 Å². The van der Waals surface area contributed by atoms with Crippen LogP contribution in [0.2, 0.25) is 0 Å². The molecule has 2 aliphatic heterocycles. The van der Waals surface area contributed by atoms with Crippen molar-refractivity contribution in [3.05, 3.63) is 0 Å². The molecule has 0 atom stereocenters. The van der Waals surface area contributed by atoms with Crippen LogP contribution in [-0.4, -0.2) is 24.8 Å². The zero-order valence-corrected chi connectivity index (χ0v) is 10.6. The molecule has 3 heteroatoms. The Hall–Kier alpha value is -0.120. The minimum Gasteiger partial charge on any atom is -0.324 e. The van der Waals surface area contributed by atoms with Crippen LogP contribution >= 0.6 is 0 Å². The molecule has 0 aromatic rings. The van der Waals surface area contributed by atoms with Crippen LogP contribution in [-0.2, 0) is 14.2 Å². The van der Waals surface area contributed by atoms with Crippen LogP contribution < -0.4 is 0 Å². The summed E-state index contributed by atoms with van der Waals surface area (Å²) >= 11 is 0. The van der Waals surface area contributed by atoms with Crippen molar-refractivity contribution in [3.8, 4) is 0 Å². The number of hydrogen-bond donors (Lipinski definition) is 0. The highest BCUT2D eigenvalue weighted by Gasteiger charge is 2.57. The van der Waals surface area contributed by atoms with Gasteiger partial charge in [0.15, 0.2) is 0 Å². The van der Waals surface area contributed by atoms with E-state index in [1.165, 1.54) is 25.7 Å². The van der Waals surface area contributed by atoms with Crippen LogP contribution in [0.5, 0.6) is 0 Å². The van der Waals surface area contributed by atoms with E-state index >= 15 is 0 Å². The van der Waals surface area contributed by atoms with Crippen molar-refractivity contribution in [2.75, 3.05) is 13.2 Å². The lowest BCUT2D eigenvalue weighted by molar-refractivity contribution is -0.302. The number of hydrogen-bond acceptors (Lipinski definition) is 3. The zero-order chi connectivity index (χ0) is 11.5. The van der Waals surface area contributed by atoms with Crippen LogP contribution in [0.1, 0.15) is 58.8 Å². The summed E-state index contributed by atoms with van der Waals surface area (Å²) in [6, 6.07) is 0. The van der Waals surface area contributed by atoms with E-state index in [0.29, 0.717) is 13.2 Å². The first kappa shape index (κ1) is 12.3. The maximum atomic E-state index is 5.96. The van der Waals surface area contributed by atoms with E-state index in [9.17, 15) is 0 Å². The van der Waals surface area contributed by atoms with Gasteiger partial charge in [0.1, 0.15) is 5.60 Å². The molecule has 2 heterocycles. The van der Waals surface area contributed by atoms with Gasteiger partial charge in [-0.1, -0.05) is 39.5 Å². The molecule has 3 nitrogen and oxygen atoms in total. The first-order valence-corrected chi connectivity index (χ1v) is 6.72. The molecule has 0 aromatic heterocycles. The molecule has 0 aliphatic carbocycles. The SMILES string of the molecule is CCCCCCCC12OCC(CC)(CO1)O2. The fourth-order valence-corrected chi connectivity index (χ4v) is 2.43. The van der Waals surface area contributed by atoms with E-state index < -0.39 is 5.97 Å². The number of ether oxygens (including phenoxy) is 3. The fourth-order valence-electron chi connectivity index (χ4n) is 2.43. The molecule has 2 aliphatic rings. The van der Waals surface area contributed by atoms with Crippen molar-refractivity contribution in [2.24, 2.45) is 0 Å². The predicted molar refractivity (Wildman–Crippen MR) is 62.1 cm³/mol. The third-order valence-corrected chi connectivity index (χ3v) is 3.71. The highest BCUT2D eigenvalue weighted by Crippen LogP contribution is 2.44. The quantitative estimate of drug-likeness (QED) is 0.626. The van der Waals surface area contributed by atoms with E-state index in [4.69, 9.17) is 14.2 Å². The summed E-state index contributed by atoms with van der Waals surface area (Å²) < 4.78 is 17.4. The van der Waals surface area contributed by atoms with E-state index in [-0.39, 0.29) is 5.60 Å². The normalized spacial score (nSPS) is 37.1. The molecule has 2 bridgehead atoms. The molecule has 0 saturated carbocycles. The monoisotopic (exact) mass is 228 g/mol. The Morgan fingerprint density at radius 1 is 0.938 bits per heavy atom. The molecule has 2 rings (SSSR count). The molecular weight excluding hydrogens is 204 g/mol. The molecule has 0 spiro atoms. The second-order valence-electron chi connectivity index (χ2n) is 5.06. The van der Waals surface area contributed by atoms with Gasteiger partial charge in [-0.15, -0.1) is 0 Å². The number of fused-ring (bicyclic) bond motifs is 2. The van der Waals surface area contributed by atoms with Crippen LogP contribution in [0.4, 0.5) is 0 Å². The molecule has 0 aromatic carbocycles. The fraction of sp³-hybridized carbons (Fsp3) is 1.00. The molecule has 0 amide bonds. The number of unbranched alkanes of at least 4 members (excludes halogenated alkanes) is 4. The minimum atomic E-state index is -0.678. The Morgan fingerprint density at radius 2 is 1.62 bits per heavy atom. The summed E-state index contributed by atoms with van der Waals surface area (Å²) in [5, 5.41) is 0. The van der Waals surface area contributed by atoms with Crippen molar-refractivity contribution in [3.63, 3.8) is 0 Å². The lowest BCUT2D eigenvalue weighted by Crippen LogP contribution is -2.35. The predicted octanol–water partition coefficient (Wildman–Crippen LogP) is 3.23. The molecule has 2 fully saturated rings. The van der Waals surface area contributed by atoms with Crippen LogP contribution in [0.15, 0.2) is 0 Å². The summed E-state index contributed by atoms with van der Waals surface area (Å²) in [7, 11) is 0. The van der Waals surface area contributed by atoms with Crippen LogP contribution in [0.3, 0.4) is 0 Å². The lowest BCUT2D eigenvalue weighted by atomic mass is 10.0. The standard InChI is InChI=1S/C13H24O3/c1-3-5-6-7-8-9-13-14-10-12(4-2,16-13)11-15-13/h3-11H2,1-2H3. The van der Waals surface area contributed by atoms with E-state index in [1.807, 2.05) is 0 Å². The third kappa shape index (κ3) is 2.41. The maximum Gasteiger partial charge on any atom is 0.283 e. The lowest BCUT2D eigenvalue weighted by Gasteiger charge is -2.23. The molecule has 0 N–H and O–H groups in total. The Balaban J connectivity index is 1.70. The van der Waals surface area contributed by atoms with Crippen LogP contribution in [0, 0.1) is 0 Å². The Morgan fingerprint density at radius 3 is 2.19 bits per heavy atom. The van der Waals surface area contributed by atoms with Gasteiger partial charge in [-0.2, -0.15) is 0 Å². The van der Waals surface area contributed by atoms with Gasteiger partial charge in [-0.05, 0) is 12.8 Å². The summed E-state index contributed by atoms with van der Waals surface area (Å²) in [6.45, 7) is 5.78. The average Bonchev–Trinajstić information content (AvgIpc) is 2.86. The van der Waals surface area contributed by atoms with Gasteiger partial charge < -0.3 is 14.2 Å². The van der Waals surface area contributed by atoms with E-state index in [0.717, 1.165) is 19.3 Å². The summed E-state index contributed by atoms with van der Waals surface area (Å²) in [4.78, 5) is 0. The molecule has 2 saturated heterocycles. The summed E-state index contributed by atoms with van der Waals surface area (Å²) in [5.41, 5.74) is -0.135.